The quantitative estimate of drug-likeness (QED) is 0.430. The van der Waals surface area contributed by atoms with Crippen LogP contribution in [0.5, 0.6) is 0 Å². The average molecular weight is 340 g/mol. The molecule has 0 fully saturated rings. The van der Waals surface area contributed by atoms with Gasteiger partial charge in [0.15, 0.2) is 5.78 Å². The molecule has 0 aliphatic carbocycles. The lowest BCUT2D eigenvalue weighted by Gasteiger charge is -2.33. The topological polar surface area (TPSA) is 20.3 Å². The number of carbonyl (C=O) groups excluding carboxylic acids is 1. The van der Waals surface area contributed by atoms with Gasteiger partial charge in [0.05, 0.1) is 14.1 Å². The predicted octanol–water partition coefficient (Wildman–Crippen LogP) is 4.95. The molecule has 1 aromatic rings. The van der Waals surface area contributed by atoms with E-state index >= 15 is 0 Å². The second kappa shape index (κ2) is 8.35. The van der Waals surface area contributed by atoms with E-state index in [2.05, 4.69) is 67.6 Å². The van der Waals surface area contributed by atoms with Crippen LogP contribution in [0.4, 0.5) is 0 Å². The number of aryl methyl sites for hydroxylation is 1. The minimum Gasteiger partial charge on any atom is -0.370 e. The van der Waals surface area contributed by atoms with Crippen LogP contribution in [0.15, 0.2) is 36.5 Å². The zero-order chi connectivity index (χ0) is 17.6. The Hall–Kier alpha value is -1.79. The maximum Gasteiger partial charge on any atom is 0.159 e. The van der Waals surface area contributed by atoms with Crippen molar-refractivity contribution in [1.29, 1.82) is 0 Å². The fourth-order valence-corrected chi connectivity index (χ4v) is 3.41. The van der Waals surface area contributed by atoms with E-state index in [4.69, 9.17) is 0 Å². The van der Waals surface area contributed by atoms with Gasteiger partial charge >= 0.3 is 0 Å². The van der Waals surface area contributed by atoms with Crippen molar-refractivity contribution in [3.8, 4) is 11.8 Å². The summed E-state index contributed by atoms with van der Waals surface area (Å²) in [6.07, 6.45) is 6.22. The van der Waals surface area contributed by atoms with E-state index in [1.807, 2.05) is 6.20 Å². The molecule has 2 rings (SSSR count). The molecule has 128 valence electrons. The summed E-state index contributed by atoms with van der Waals surface area (Å²) < 4.78 is 0. The van der Waals surface area contributed by atoms with Gasteiger partial charge in [0, 0.05) is 31.6 Å². The summed E-state index contributed by atoms with van der Waals surface area (Å²) in [5.41, 5.74) is 2.48. The molecule has 0 spiro atoms. The summed E-state index contributed by atoms with van der Waals surface area (Å²) in [5, 5.41) is 0. The van der Waals surface area contributed by atoms with Crippen LogP contribution in [-0.2, 0) is 4.79 Å². The Labute approximate surface area is 148 Å². The molecule has 1 aliphatic rings. The SMILES string of the molecule is Cc1ccc(C2CC(=O)C=CN2CCCC#CC[Si](C)(C)C)cc1. The highest BCUT2D eigenvalue weighted by Crippen LogP contribution is 2.28. The molecule has 24 heavy (non-hydrogen) atoms. The van der Waals surface area contributed by atoms with Gasteiger partial charge in [0.2, 0.25) is 0 Å². The molecule has 0 aromatic heterocycles. The molecule has 1 aromatic carbocycles. The number of ketones is 1. The first-order valence-corrected chi connectivity index (χ1v) is 12.5. The lowest BCUT2D eigenvalue weighted by atomic mass is 9.96. The molecular weight excluding hydrogens is 310 g/mol. The first-order chi connectivity index (χ1) is 11.3. The number of allylic oxidation sites excluding steroid dienone is 1. The van der Waals surface area contributed by atoms with Gasteiger partial charge < -0.3 is 4.90 Å². The number of carbonyl (C=O) groups is 1. The molecule has 0 radical (unpaired) electrons. The Morgan fingerprint density at radius 3 is 2.54 bits per heavy atom. The minimum atomic E-state index is -1.05. The minimum absolute atomic E-state index is 0.165. The van der Waals surface area contributed by atoms with Gasteiger partial charge in [-0.1, -0.05) is 49.5 Å². The zero-order valence-corrected chi connectivity index (χ0v) is 16.4. The second-order valence-electron chi connectivity index (χ2n) is 7.85. The van der Waals surface area contributed by atoms with Gasteiger partial charge in [0.25, 0.3) is 0 Å². The highest BCUT2D eigenvalue weighted by Gasteiger charge is 2.23. The highest BCUT2D eigenvalue weighted by molar-refractivity contribution is 6.76. The Kier molecular flexibility index (Phi) is 6.45. The first-order valence-electron chi connectivity index (χ1n) is 8.84. The summed E-state index contributed by atoms with van der Waals surface area (Å²) in [6, 6.07) is 9.78. The lowest BCUT2D eigenvalue weighted by Crippen LogP contribution is -2.30. The highest BCUT2D eigenvalue weighted by atomic mass is 28.3. The zero-order valence-electron chi connectivity index (χ0n) is 15.4. The smallest absolute Gasteiger partial charge is 0.159 e. The first kappa shape index (κ1) is 18.5. The van der Waals surface area contributed by atoms with Crippen LogP contribution >= 0.6 is 0 Å². The molecule has 3 heteroatoms. The molecule has 0 saturated heterocycles. The molecule has 1 heterocycles. The van der Waals surface area contributed by atoms with E-state index in [1.165, 1.54) is 11.1 Å². The van der Waals surface area contributed by atoms with Gasteiger partial charge in [-0.05, 0) is 25.0 Å². The molecule has 0 saturated carbocycles. The van der Waals surface area contributed by atoms with Crippen molar-refractivity contribution >= 4 is 13.9 Å². The Balaban J connectivity index is 1.92. The van der Waals surface area contributed by atoms with Gasteiger partial charge in [0.1, 0.15) is 0 Å². The van der Waals surface area contributed by atoms with Gasteiger partial charge in [-0.25, -0.2) is 0 Å². The summed E-state index contributed by atoms with van der Waals surface area (Å²) in [6.45, 7) is 10.1. The Morgan fingerprint density at radius 2 is 1.88 bits per heavy atom. The third-order valence-corrected chi connectivity index (χ3v) is 5.41. The van der Waals surface area contributed by atoms with Crippen LogP contribution in [0.25, 0.3) is 0 Å². The normalized spacial score (nSPS) is 17.6. The van der Waals surface area contributed by atoms with Crippen molar-refractivity contribution < 1.29 is 4.79 Å². The van der Waals surface area contributed by atoms with E-state index in [0.717, 1.165) is 25.4 Å². The van der Waals surface area contributed by atoms with Crippen molar-refractivity contribution in [2.75, 3.05) is 6.54 Å². The van der Waals surface area contributed by atoms with Gasteiger partial charge in [-0.15, -0.1) is 11.8 Å². The van der Waals surface area contributed by atoms with Crippen LogP contribution in [0.1, 0.15) is 36.4 Å². The number of hydrogen-bond donors (Lipinski definition) is 0. The van der Waals surface area contributed by atoms with Crippen molar-refractivity contribution in [2.45, 2.75) is 57.9 Å². The summed E-state index contributed by atoms with van der Waals surface area (Å²) in [4.78, 5) is 14.1. The number of unbranched alkanes of at least 4 members (excludes halogenated alkanes) is 1. The van der Waals surface area contributed by atoms with Crippen molar-refractivity contribution in [1.82, 2.24) is 4.90 Å². The number of hydrogen-bond acceptors (Lipinski definition) is 2. The predicted molar refractivity (Wildman–Crippen MR) is 105 cm³/mol. The largest absolute Gasteiger partial charge is 0.370 e. The number of benzene rings is 1. The maximum absolute atomic E-state index is 11.8. The monoisotopic (exact) mass is 339 g/mol. The number of nitrogens with zero attached hydrogens (tertiary/aromatic N) is 1. The van der Waals surface area contributed by atoms with Crippen molar-refractivity contribution in [3.63, 3.8) is 0 Å². The van der Waals surface area contributed by atoms with Crippen LogP contribution in [0.3, 0.4) is 0 Å². The van der Waals surface area contributed by atoms with Crippen molar-refractivity contribution in [3.05, 3.63) is 47.7 Å². The van der Waals surface area contributed by atoms with Crippen molar-refractivity contribution in [2.24, 2.45) is 0 Å². The average Bonchev–Trinajstić information content (AvgIpc) is 2.51. The summed E-state index contributed by atoms with van der Waals surface area (Å²) >= 11 is 0. The lowest BCUT2D eigenvalue weighted by molar-refractivity contribution is -0.116. The van der Waals surface area contributed by atoms with Crippen LogP contribution < -0.4 is 0 Å². The maximum atomic E-state index is 11.8. The fraction of sp³-hybridized carbons (Fsp3) is 0.476. The van der Waals surface area contributed by atoms with E-state index in [0.29, 0.717) is 6.42 Å². The molecule has 1 aliphatic heterocycles. The second-order valence-corrected chi connectivity index (χ2v) is 13.3. The van der Waals surface area contributed by atoms with E-state index in [-0.39, 0.29) is 11.8 Å². The van der Waals surface area contributed by atoms with Crippen LogP contribution in [0, 0.1) is 18.8 Å². The molecule has 1 unspecified atom stereocenters. The molecular formula is C21H29NOSi. The van der Waals surface area contributed by atoms with E-state index < -0.39 is 8.07 Å². The third-order valence-electron chi connectivity index (χ3n) is 4.17. The summed E-state index contributed by atoms with van der Waals surface area (Å²) in [7, 11) is -1.05. The van der Waals surface area contributed by atoms with E-state index in [1.54, 1.807) is 6.08 Å². The molecule has 0 N–H and O–H groups in total. The van der Waals surface area contributed by atoms with Crippen LogP contribution in [0.2, 0.25) is 25.7 Å². The molecule has 2 nitrogen and oxygen atoms in total. The van der Waals surface area contributed by atoms with Gasteiger partial charge in [-0.3, -0.25) is 4.79 Å². The Bertz CT molecular complexity index is 643. The molecule has 1 atom stereocenters. The molecule has 0 bridgehead atoms. The Morgan fingerprint density at radius 1 is 1.17 bits per heavy atom. The molecule has 0 amide bonds. The fourth-order valence-electron chi connectivity index (χ4n) is 2.75. The summed E-state index contributed by atoms with van der Waals surface area (Å²) in [5.74, 6) is 6.87. The van der Waals surface area contributed by atoms with Gasteiger partial charge in [-0.2, -0.15) is 0 Å². The third kappa shape index (κ3) is 6.01. The number of rotatable bonds is 5. The van der Waals surface area contributed by atoms with Crippen LogP contribution in [-0.4, -0.2) is 25.3 Å². The standard InChI is InChI=1S/C21H29NOSi/c1-18-9-11-19(12-10-18)21-17-20(23)13-15-22(21)14-7-5-6-8-16-24(2,3)4/h9-13,15,21H,5,7,14,16-17H2,1-4H3. The van der Waals surface area contributed by atoms with E-state index in [9.17, 15) is 4.79 Å².